The first-order valence-electron chi connectivity index (χ1n) is 8.19. The summed E-state index contributed by atoms with van der Waals surface area (Å²) >= 11 is 0. The Labute approximate surface area is 129 Å². The quantitative estimate of drug-likeness (QED) is 0.674. The van der Waals surface area contributed by atoms with E-state index in [1.807, 2.05) is 6.92 Å². The van der Waals surface area contributed by atoms with Crippen LogP contribution in [0.2, 0.25) is 0 Å². The van der Waals surface area contributed by atoms with E-state index in [1.54, 1.807) is 0 Å². The summed E-state index contributed by atoms with van der Waals surface area (Å²) in [6.07, 6.45) is 3.02. The first-order valence-corrected chi connectivity index (χ1v) is 8.19. The van der Waals surface area contributed by atoms with Crippen molar-refractivity contribution in [2.45, 2.75) is 53.9 Å². The monoisotopic (exact) mass is 293 g/mol. The maximum Gasteiger partial charge on any atom is 0.131 e. The molecule has 0 saturated carbocycles. The van der Waals surface area contributed by atoms with Gasteiger partial charge in [0.1, 0.15) is 5.82 Å². The maximum atomic E-state index is 5.38. The lowest BCUT2D eigenvalue weighted by molar-refractivity contribution is 0.149. The number of nitrogens with one attached hydrogen (secondary N) is 1. The zero-order valence-electron chi connectivity index (χ0n) is 14.3. The molecular weight excluding hydrogens is 262 g/mol. The molecule has 1 heterocycles. The summed E-state index contributed by atoms with van der Waals surface area (Å²) in [6.45, 7) is 14.3. The van der Waals surface area contributed by atoms with Crippen molar-refractivity contribution in [2.24, 2.45) is 5.92 Å². The van der Waals surface area contributed by atoms with E-state index in [2.05, 4.69) is 43.0 Å². The van der Waals surface area contributed by atoms with Gasteiger partial charge in [0, 0.05) is 24.4 Å². The number of rotatable bonds is 10. The Balaban J connectivity index is 2.62. The van der Waals surface area contributed by atoms with Crippen molar-refractivity contribution in [3.63, 3.8) is 0 Å². The number of nitrogens with zero attached hydrogens (tertiary/aromatic N) is 2. The summed E-state index contributed by atoms with van der Waals surface area (Å²) in [6, 6.07) is 0. The van der Waals surface area contributed by atoms with Crippen LogP contribution in [0.3, 0.4) is 0 Å². The summed E-state index contributed by atoms with van der Waals surface area (Å²) < 4.78 is 5.38. The van der Waals surface area contributed by atoms with Crippen LogP contribution in [-0.2, 0) is 17.6 Å². The Morgan fingerprint density at radius 1 is 1.14 bits per heavy atom. The second-order valence-electron chi connectivity index (χ2n) is 5.75. The Kier molecular flexibility index (Phi) is 8.47. The number of hydrogen-bond acceptors (Lipinski definition) is 4. The maximum absolute atomic E-state index is 5.38. The van der Waals surface area contributed by atoms with Crippen LogP contribution in [0.4, 0.5) is 0 Å². The van der Waals surface area contributed by atoms with Crippen molar-refractivity contribution in [3.05, 3.63) is 22.8 Å². The van der Waals surface area contributed by atoms with Crippen LogP contribution >= 0.6 is 0 Å². The lowest BCUT2D eigenvalue weighted by atomic mass is 9.98. The highest BCUT2D eigenvalue weighted by molar-refractivity contribution is 5.25. The molecule has 4 nitrogen and oxygen atoms in total. The molecule has 4 heteroatoms. The van der Waals surface area contributed by atoms with E-state index < -0.39 is 0 Å². The van der Waals surface area contributed by atoms with Crippen LogP contribution < -0.4 is 5.32 Å². The van der Waals surface area contributed by atoms with Crippen LogP contribution in [0.5, 0.6) is 0 Å². The van der Waals surface area contributed by atoms with Crippen molar-refractivity contribution in [3.8, 4) is 0 Å². The van der Waals surface area contributed by atoms with Crippen LogP contribution in [0, 0.1) is 19.8 Å². The van der Waals surface area contributed by atoms with Crippen LogP contribution in [-0.4, -0.2) is 36.3 Å². The second-order valence-corrected chi connectivity index (χ2v) is 5.75. The Morgan fingerprint density at radius 2 is 1.81 bits per heavy atom. The van der Waals surface area contributed by atoms with Gasteiger partial charge in [0.25, 0.3) is 0 Å². The third-order valence-corrected chi connectivity index (χ3v) is 3.61. The number of ether oxygens (including phenoxy) is 1. The van der Waals surface area contributed by atoms with Gasteiger partial charge in [0.05, 0.1) is 6.61 Å². The average Bonchev–Trinajstić information content (AvgIpc) is 2.43. The molecule has 1 atom stereocenters. The predicted molar refractivity (Wildman–Crippen MR) is 87.7 cm³/mol. The predicted octanol–water partition coefficient (Wildman–Crippen LogP) is 2.85. The molecule has 1 aromatic rings. The van der Waals surface area contributed by atoms with E-state index in [1.165, 1.54) is 12.0 Å². The van der Waals surface area contributed by atoms with Gasteiger partial charge in [-0.3, -0.25) is 0 Å². The lowest BCUT2D eigenvalue weighted by Crippen LogP contribution is -2.24. The topological polar surface area (TPSA) is 47.0 Å². The van der Waals surface area contributed by atoms with Crippen molar-refractivity contribution >= 4 is 0 Å². The SMILES string of the molecule is CCCNCC(C)Cc1c(C)nc(CCOCC)nc1C. The van der Waals surface area contributed by atoms with Crippen LogP contribution in [0.1, 0.15) is 50.0 Å². The van der Waals surface area contributed by atoms with Crippen molar-refractivity contribution in [2.75, 3.05) is 26.3 Å². The van der Waals surface area contributed by atoms with Gasteiger partial charge in [0.2, 0.25) is 0 Å². The highest BCUT2D eigenvalue weighted by Crippen LogP contribution is 2.15. The van der Waals surface area contributed by atoms with E-state index in [-0.39, 0.29) is 0 Å². The van der Waals surface area contributed by atoms with E-state index >= 15 is 0 Å². The van der Waals surface area contributed by atoms with E-state index in [0.29, 0.717) is 12.5 Å². The van der Waals surface area contributed by atoms with Crippen LogP contribution in [0.25, 0.3) is 0 Å². The molecule has 1 N–H and O–H groups in total. The lowest BCUT2D eigenvalue weighted by Gasteiger charge is -2.16. The van der Waals surface area contributed by atoms with Crippen LogP contribution in [0.15, 0.2) is 0 Å². The fourth-order valence-electron chi connectivity index (χ4n) is 2.47. The third-order valence-electron chi connectivity index (χ3n) is 3.61. The molecule has 120 valence electrons. The normalized spacial score (nSPS) is 12.6. The summed E-state index contributed by atoms with van der Waals surface area (Å²) in [5.74, 6) is 1.51. The standard InChI is InChI=1S/C17H31N3O/c1-6-9-18-12-13(3)11-16-14(4)19-17(20-15(16)5)8-10-21-7-2/h13,18H,6-12H2,1-5H3. The molecule has 0 fully saturated rings. The molecule has 1 aromatic heterocycles. The summed E-state index contributed by atoms with van der Waals surface area (Å²) in [5, 5.41) is 3.48. The minimum Gasteiger partial charge on any atom is -0.381 e. The van der Waals surface area contributed by atoms with E-state index in [4.69, 9.17) is 4.74 Å². The van der Waals surface area contributed by atoms with Gasteiger partial charge in [-0.2, -0.15) is 0 Å². The van der Waals surface area contributed by atoms with Crippen molar-refractivity contribution in [1.29, 1.82) is 0 Å². The minimum absolute atomic E-state index is 0.604. The Hall–Kier alpha value is -1.00. The molecule has 0 spiro atoms. The minimum atomic E-state index is 0.604. The first-order chi connectivity index (χ1) is 10.1. The molecule has 21 heavy (non-hydrogen) atoms. The molecule has 0 saturated heterocycles. The second kappa shape index (κ2) is 9.85. The highest BCUT2D eigenvalue weighted by Gasteiger charge is 2.12. The molecule has 1 unspecified atom stereocenters. The summed E-state index contributed by atoms with van der Waals surface area (Å²) in [5.41, 5.74) is 3.55. The largest absolute Gasteiger partial charge is 0.381 e. The van der Waals surface area contributed by atoms with Gasteiger partial charge in [-0.05, 0) is 58.2 Å². The average molecular weight is 293 g/mol. The zero-order chi connectivity index (χ0) is 15.7. The number of hydrogen-bond donors (Lipinski definition) is 1. The third kappa shape index (κ3) is 6.53. The molecule has 0 radical (unpaired) electrons. The van der Waals surface area contributed by atoms with Gasteiger partial charge in [-0.1, -0.05) is 13.8 Å². The molecule has 0 aliphatic heterocycles. The fourth-order valence-corrected chi connectivity index (χ4v) is 2.47. The smallest absolute Gasteiger partial charge is 0.131 e. The number of aromatic nitrogens is 2. The van der Waals surface area contributed by atoms with Gasteiger partial charge in [0.15, 0.2) is 0 Å². The summed E-state index contributed by atoms with van der Waals surface area (Å²) in [7, 11) is 0. The molecular formula is C17H31N3O. The van der Waals surface area contributed by atoms with Gasteiger partial charge >= 0.3 is 0 Å². The zero-order valence-corrected chi connectivity index (χ0v) is 14.3. The Morgan fingerprint density at radius 3 is 2.38 bits per heavy atom. The molecule has 0 bridgehead atoms. The highest BCUT2D eigenvalue weighted by atomic mass is 16.5. The molecule has 0 amide bonds. The molecule has 0 aromatic carbocycles. The van der Waals surface area contributed by atoms with Gasteiger partial charge in [-0.15, -0.1) is 0 Å². The first kappa shape index (κ1) is 18.1. The fraction of sp³-hybridized carbons (Fsp3) is 0.765. The molecule has 1 rings (SSSR count). The van der Waals surface area contributed by atoms with E-state index in [0.717, 1.165) is 49.8 Å². The van der Waals surface area contributed by atoms with Crippen molar-refractivity contribution < 1.29 is 4.74 Å². The van der Waals surface area contributed by atoms with Gasteiger partial charge < -0.3 is 10.1 Å². The summed E-state index contributed by atoms with van der Waals surface area (Å²) in [4.78, 5) is 9.29. The molecule has 0 aliphatic rings. The van der Waals surface area contributed by atoms with E-state index in [9.17, 15) is 0 Å². The Bertz CT molecular complexity index is 397. The van der Waals surface area contributed by atoms with Crippen molar-refractivity contribution in [1.82, 2.24) is 15.3 Å². The number of aryl methyl sites for hydroxylation is 2. The molecule has 0 aliphatic carbocycles. The van der Waals surface area contributed by atoms with Gasteiger partial charge in [-0.25, -0.2) is 9.97 Å².